The molecule has 0 aliphatic heterocycles. The van der Waals surface area contributed by atoms with E-state index < -0.39 is 12.1 Å². The van der Waals surface area contributed by atoms with Crippen molar-refractivity contribution in [2.75, 3.05) is 0 Å². The second kappa shape index (κ2) is 8.76. The Hall–Kier alpha value is -1.98. The van der Waals surface area contributed by atoms with Crippen molar-refractivity contribution in [3.63, 3.8) is 0 Å². The Morgan fingerprint density at radius 1 is 1.21 bits per heavy atom. The maximum Gasteiger partial charge on any atom is 0.303 e. The molecule has 1 fully saturated rings. The average molecular weight is 332 g/mol. The number of carbonyl (C=O) groups is 2. The van der Waals surface area contributed by atoms with Gasteiger partial charge >= 0.3 is 5.97 Å². The Kier molecular flexibility index (Phi) is 6.70. The lowest BCUT2D eigenvalue weighted by Crippen LogP contribution is -2.18. The molecule has 1 aromatic carbocycles. The van der Waals surface area contributed by atoms with Gasteiger partial charge in [0.05, 0.1) is 12.7 Å². The van der Waals surface area contributed by atoms with Crippen molar-refractivity contribution >= 4 is 11.8 Å². The summed E-state index contributed by atoms with van der Waals surface area (Å²) in [7, 11) is 0. The normalized spacial score (nSPS) is 23.9. The number of rotatable bonds is 8. The largest absolute Gasteiger partial charge is 0.481 e. The number of aliphatic hydroxyl groups excluding tert-OH is 2. The molecule has 0 saturated heterocycles. The predicted octanol–water partition coefficient (Wildman–Crippen LogP) is 2.41. The first kappa shape index (κ1) is 18.4. The summed E-state index contributed by atoms with van der Waals surface area (Å²) in [5, 5.41) is 28.0. The van der Waals surface area contributed by atoms with E-state index in [4.69, 9.17) is 10.2 Å². The molecular formula is C19H24O5. The van der Waals surface area contributed by atoms with Crippen molar-refractivity contribution in [2.45, 2.75) is 50.7 Å². The minimum absolute atomic E-state index is 0.0328. The summed E-state index contributed by atoms with van der Waals surface area (Å²) in [6.07, 6.45) is 5.27. The van der Waals surface area contributed by atoms with Crippen molar-refractivity contribution in [3.05, 3.63) is 47.5 Å². The number of aliphatic hydroxyl groups is 2. The number of aliphatic carboxylic acids is 1. The molecule has 3 atom stereocenters. The lowest BCUT2D eigenvalue weighted by atomic mass is 9.85. The van der Waals surface area contributed by atoms with Gasteiger partial charge in [-0.1, -0.05) is 36.4 Å². The van der Waals surface area contributed by atoms with Crippen LogP contribution in [-0.4, -0.2) is 33.2 Å². The summed E-state index contributed by atoms with van der Waals surface area (Å²) >= 11 is 0. The Bertz CT molecular complexity index is 590. The zero-order valence-corrected chi connectivity index (χ0v) is 13.6. The fraction of sp³-hybridized carbons (Fsp3) is 0.474. The molecule has 5 heteroatoms. The zero-order chi connectivity index (χ0) is 17.5. The van der Waals surface area contributed by atoms with Gasteiger partial charge in [-0.3, -0.25) is 9.59 Å². The number of Topliss-reactive ketones (excluding diaryl/α,β-unsaturated/α-hetero) is 1. The molecule has 24 heavy (non-hydrogen) atoms. The fourth-order valence-corrected chi connectivity index (χ4v) is 3.26. The molecule has 0 aromatic heterocycles. The van der Waals surface area contributed by atoms with Crippen LogP contribution in [0.15, 0.2) is 36.4 Å². The minimum atomic E-state index is -0.802. The van der Waals surface area contributed by atoms with Crippen LogP contribution < -0.4 is 0 Å². The van der Waals surface area contributed by atoms with Gasteiger partial charge in [0.25, 0.3) is 0 Å². The number of hydrogen-bond donors (Lipinski definition) is 3. The van der Waals surface area contributed by atoms with E-state index in [-0.39, 0.29) is 37.1 Å². The van der Waals surface area contributed by atoms with Gasteiger partial charge in [-0.2, -0.15) is 0 Å². The highest BCUT2D eigenvalue weighted by Gasteiger charge is 2.41. The lowest BCUT2D eigenvalue weighted by Gasteiger charge is -2.20. The number of benzene rings is 1. The zero-order valence-electron chi connectivity index (χ0n) is 13.6. The van der Waals surface area contributed by atoms with Crippen molar-refractivity contribution in [1.29, 1.82) is 0 Å². The van der Waals surface area contributed by atoms with Crippen LogP contribution in [0.2, 0.25) is 0 Å². The molecule has 0 heterocycles. The van der Waals surface area contributed by atoms with E-state index in [0.29, 0.717) is 19.3 Å². The molecule has 130 valence electrons. The first-order valence-corrected chi connectivity index (χ1v) is 8.30. The molecule has 0 unspecified atom stereocenters. The van der Waals surface area contributed by atoms with Gasteiger partial charge in [0.15, 0.2) is 0 Å². The van der Waals surface area contributed by atoms with Crippen LogP contribution in [-0.2, 0) is 16.2 Å². The van der Waals surface area contributed by atoms with Crippen LogP contribution >= 0.6 is 0 Å². The van der Waals surface area contributed by atoms with Crippen LogP contribution in [0, 0.1) is 5.92 Å². The molecule has 5 nitrogen and oxygen atoms in total. The van der Waals surface area contributed by atoms with Gasteiger partial charge < -0.3 is 15.3 Å². The van der Waals surface area contributed by atoms with Gasteiger partial charge in [0, 0.05) is 24.7 Å². The Balaban J connectivity index is 1.98. The quantitative estimate of drug-likeness (QED) is 0.502. The number of ketones is 1. The van der Waals surface area contributed by atoms with Crippen LogP contribution in [0.3, 0.4) is 0 Å². The second-order valence-corrected chi connectivity index (χ2v) is 6.26. The fourth-order valence-electron chi connectivity index (χ4n) is 3.26. The molecule has 1 saturated carbocycles. The van der Waals surface area contributed by atoms with Crippen molar-refractivity contribution in [1.82, 2.24) is 0 Å². The molecule has 0 bridgehead atoms. The third-order valence-electron chi connectivity index (χ3n) is 4.54. The molecule has 1 aliphatic rings. The number of hydrogen-bond acceptors (Lipinski definition) is 4. The van der Waals surface area contributed by atoms with E-state index in [9.17, 15) is 14.7 Å². The van der Waals surface area contributed by atoms with Gasteiger partial charge in [-0.15, -0.1) is 0 Å². The van der Waals surface area contributed by atoms with E-state index in [1.165, 1.54) is 0 Å². The summed E-state index contributed by atoms with van der Waals surface area (Å²) < 4.78 is 0. The lowest BCUT2D eigenvalue weighted by molar-refractivity contribution is -0.137. The van der Waals surface area contributed by atoms with Gasteiger partial charge in [-0.25, -0.2) is 0 Å². The SMILES string of the molecule is O=C(O)CCCC=CC[C@H]1C(=O)C[C@@H](O)[C@@H]1c1ccc(CO)cc1. The molecule has 0 spiro atoms. The molecular weight excluding hydrogens is 308 g/mol. The van der Waals surface area contributed by atoms with Crippen molar-refractivity contribution < 1.29 is 24.9 Å². The van der Waals surface area contributed by atoms with E-state index in [1.54, 1.807) is 0 Å². The molecule has 1 aromatic rings. The van der Waals surface area contributed by atoms with Crippen molar-refractivity contribution in [2.24, 2.45) is 5.92 Å². The van der Waals surface area contributed by atoms with E-state index in [2.05, 4.69) is 0 Å². The Morgan fingerprint density at radius 2 is 1.92 bits per heavy atom. The summed E-state index contributed by atoms with van der Waals surface area (Å²) in [5.41, 5.74) is 1.71. The van der Waals surface area contributed by atoms with Crippen LogP contribution in [0.25, 0.3) is 0 Å². The summed E-state index contributed by atoms with van der Waals surface area (Å²) in [6, 6.07) is 7.34. The summed E-state index contributed by atoms with van der Waals surface area (Å²) in [4.78, 5) is 22.6. The second-order valence-electron chi connectivity index (χ2n) is 6.26. The molecule has 3 N–H and O–H groups in total. The van der Waals surface area contributed by atoms with Crippen molar-refractivity contribution in [3.8, 4) is 0 Å². The average Bonchev–Trinajstić information content (AvgIpc) is 2.84. The Morgan fingerprint density at radius 3 is 2.54 bits per heavy atom. The van der Waals surface area contributed by atoms with Crippen LogP contribution in [0.5, 0.6) is 0 Å². The predicted molar refractivity (Wildman–Crippen MR) is 89.5 cm³/mol. The van der Waals surface area contributed by atoms with Crippen LogP contribution in [0.4, 0.5) is 0 Å². The monoisotopic (exact) mass is 332 g/mol. The third kappa shape index (κ3) is 4.76. The topological polar surface area (TPSA) is 94.8 Å². The molecule has 0 amide bonds. The maximum absolute atomic E-state index is 12.2. The minimum Gasteiger partial charge on any atom is -0.481 e. The van der Waals surface area contributed by atoms with Gasteiger partial charge in [-0.05, 0) is 30.4 Å². The number of carbonyl (C=O) groups excluding carboxylic acids is 1. The molecule has 1 aliphatic carbocycles. The number of allylic oxidation sites excluding steroid dienone is 2. The smallest absolute Gasteiger partial charge is 0.303 e. The van der Waals surface area contributed by atoms with E-state index in [0.717, 1.165) is 11.1 Å². The first-order valence-electron chi connectivity index (χ1n) is 8.30. The first-order chi connectivity index (χ1) is 11.5. The van der Waals surface area contributed by atoms with Gasteiger partial charge in [0.2, 0.25) is 0 Å². The number of unbranched alkanes of at least 4 members (excludes halogenated alkanes) is 1. The van der Waals surface area contributed by atoms with E-state index in [1.807, 2.05) is 36.4 Å². The third-order valence-corrected chi connectivity index (χ3v) is 4.54. The molecule has 2 rings (SSSR count). The maximum atomic E-state index is 12.2. The standard InChI is InChI=1S/C19H24O5/c20-12-13-7-9-14(10-8-13)19-15(16(21)11-17(19)22)5-3-1-2-4-6-18(23)24/h1,3,7-10,15,17,19-20,22H,2,4-6,11-12H2,(H,23,24)/t15-,17+,19+/m0/s1. The Labute approximate surface area is 141 Å². The number of carboxylic acids is 1. The highest BCUT2D eigenvalue weighted by atomic mass is 16.4. The highest BCUT2D eigenvalue weighted by Crippen LogP contribution is 2.39. The van der Waals surface area contributed by atoms with Crippen LogP contribution in [0.1, 0.15) is 49.1 Å². The highest BCUT2D eigenvalue weighted by molar-refractivity contribution is 5.85. The van der Waals surface area contributed by atoms with Gasteiger partial charge in [0.1, 0.15) is 5.78 Å². The number of carboxylic acid groups (broad SMARTS) is 1. The van der Waals surface area contributed by atoms with E-state index >= 15 is 0 Å². The summed E-state index contributed by atoms with van der Waals surface area (Å²) in [6.45, 7) is -0.0328. The molecule has 0 radical (unpaired) electrons. The summed E-state index contributed by atoms with van der Waals surface area (Å²) in [5.74, 6) is -1.22.